The molecule has 2 heterocycles. The molecule has 0 spiro atoms. The summed E-state index contributed by atoms with van der Waals surface area (Å²) in [6, 6.07) is 3.56. The van der Waals surface area contributed by atoms with Crippen LogP contribution in [0.5, 0.6) is 0 Å². The van der Waals surface area contributed by atoms with Crippen molar-refractivity contribution in [3.8, 4) is 11.4 Å². The Hall–Kier alpha value is -1.26. The van der Waals surface area contributed by atoms with Crippen LogP contribution < -0.4 is 5.32 Å². The van der Waals surface area contributed by atoms with Crippen molar-refractivity contribution in [1.82, 2.24) is 14.8 Å². The number of rotatable bonds is 4. The van der Waals surface area contributed by atoms with Gasteiger partial charge in [-0.1, -0.05) is 30.1 Å². The zero-order chi connectivity index (χ0) is 13.1. The van der Waals surface area contributed by atoms with E-state index in [0.717, 1.165) is 18.7 Å². The van der Waals surface area contributed by atoms with Gasteiger partial charge >= 0.3 is 0 Å². The molecule has 0 saturated heterocycles. The SMILES string of the molecule is CCCNc1nc(-c2ccn(C)n2)c(Cl)cc1Cl. The number of halogens is 2. The summed E-state index contributed by atoms with van der Waals surface area (Å²) in [4.78, 5) is 4.44. The Morgan fingerprint density at radius 1 is 1.33 bits per heavy atom. The average molecular weight is 285 g/mol. The van der Waals surface area contributed by atoms with Gasteiger partial charge < -0.3 is 5.32 Å². The van der Waals surface area contributed by atoms with Crippen LogP contribution in [0.4, 0.5) is 5.82 Å². The Morgan fingerprint density at radius 3 is 2.72 bits per heavy atom. The lowest BCUT2D eigenvalue weighted by molar-refractivity contribution is 0.770. The maximum absolute atomic E-state index is 6.16. The third-order valence-electron chi connectivity index (χ3n) is 2.43. The summed E-state index contributed by atoms with van der Waals surface area (Å²) in [6.45, 7) is 2.90. The second-order valence-electron chi connectivity index (χ2n) is 3.95. The van der Waals surface area contributed by atoms with Crippen molar-refractivity contribution in [1.29, 1.82) is 0 Å². The van der Waals surface area contributed by atoms with Crippen molar-refractivity contribution < 1.29 is 0 Å². The highest BCUT2D eigenvalue weighted by Gasteiger charge is 2.12. The fourth-order valence-corrected chi connectivity index (χ4v) is 2.08. The van der Waals surface area contributed by atoms with Crippen LogP contribution in [-0.2, 0) is 7.05 Å². The fraction of sp³-hybridized carbons (Fsp3) is 0.333. The maximum atomic E-state index is 6.16. The zero-order valence-corrected chi connectivity index (χ0v) is 11.8. The lowest BCUT2D eigenvalue weighted by Crippen LogP contribution is -2.03. The van der Waals surface area contributed by atoms with Crippen LogP contribution in [0.1, 0.15) is 13.3 Å². The molecule has 0 aliphatic rings. The van der Waals surface area contributed by atoms with Crippen molar-refractivity contribution >= 4 is 29.0 Å². The normalized spacial score (nSPS) is 10.7. The molecule has 0 radical (unpaired) electrons. The summed E-state index contributed by atoms with van der Waals surface area (Å²) in [7, 11) is 1.85. The van der Waals surface area contributed by atoms with Gasteiger partial charge in [0, 0.05) is 19.8 Å². The second-order valence-corrected chi connectivity index (χ2v) is 4.77. The quantitative estimate of drug-likeness (QED) is 0.933. The lowest BCUT2D eigenvalue weighted by atomic mass is 10.2. The van der Waals surface area contributed by atoms with Gasteiger partial charge in [0.2, 0.25) is 0 Å². The molecular formula is C12H14Cl2N4. The first-order valence-corrected chi connectivity index (χ1v) is 6.47. The molecule has 0 saturated carbocycles. The first kappa shape index (κ1) is 13.2. The minimum Gasteiger partial charge on any atom is -0.369 e. The molecule has 1 N–H and O–H groups in total. The van der Waals surface area contributed by atoms with Crippen LogP contribution >= 0.6 is 23.2 Å². The smallest absolute Gasteiger partial charge is 0.145 e. The second kappa shape index (κ2) is 5.59. The Labute approximate surface area is 116 Å². The molecule has 0 aliphatic carbocycles. The van der Waals surface area contributed by atoms with E-state index in [1.807, 2.05) is 19.3 Å². The summed E-state index contributed by atoms with van der Waals surface area (Å²) in [5, 5.41) is 8.48. The number of hydrogen-bond donors (Lipinski definition) is 1. The van der Waals surface area contributed by atoms with Gasteiger partial charge in [0.15, 0.2) is 0 Å². The fourth-order valence-electron chi connectivity index (χ4n) is 1.55. The van der Waals surface area contributed by atoms with Crippen molar-refractivity contribution in [2.45, 2.75) is 13.3 Å². The van der Waals surface area contributed by atoms with Gasteiger partial charge in [-0.25, -0.2) is 4.98 Å². The monoisotopic (exact) mass is 284 g/mol. The minimum atomic E-state index is 0.501. The average Bonchev–Trinajstić information content (AvgIpc) is 2.74. The molecule has 2 aromatic heterocycles. The number of anilines is 1. The van der Waals surface area contributed by atoms with E-state index in [-0.39, 0.29) is 0 Å². The van der Waals surface area contributed by atoms with Crippen LogP contribution in [0.25, 0.3) is 11.4 Å². The Kier molecular flexibility index (Phi) is 4.09. The number of hydrogen-bond acceptors (Lipinski definition) is 3. The molecule has 4 nitrogen and oxygen atoms in total. The van der Waals surface area contributed by atoms with Crippen molar-refractivity contribution in [3.63, 3.8) is 0 Å². The molecule has 96 valence electrons. The van der Waals surface area contributed by atoms with Crippen LogP contribution in [0.15, 0.2) is 18.3 Å². The number of nitrogens with zero attached hydrogens (tertiary/aromatic N) is 3. The van der Waals surface area contributed by atoms with E-state index in [1.54, 1.807) is 10.7 Å². The summed E-state index contributed by atoms with van der Waals surface area (Å²) in [5.74, 6) is 0.642. The van der Waals surface area contributed by atoms with E-state index >= 15 is 0 Å². The van der Waals surface area contributed by atoms with Gasteiger partial charge in [0.1, 0.15) is 17.2 Å². The van der Waals surface area contributed by atoms with E-state index in [1.165, 1.54) is 0 Å². The van der Waals surface area contributed by atoms with Crippen molar-refractivity contribution in [2.24, 2.45) is 7.05 Å². The summed E-state index contributed by atoms with van der Waals surface area (Å²) < 4.78 is 1.71. The highest BCUT2D eigenvalue weighted by molar-refractivity contribution is 6.37. The van der Waals surface area contributed by atoms with Gasteiger partial charge in [-0.3, -0.25) is 4.68 Å². The topological polar surface area (TPSA) is 42.7 Å². The van der Waals surface area contributed by atoms with E-state index < -0.39 is 0 Å². The lowest BCUT2D eigenvalue weighted by Gasteiger charge is -2.09. The summed E-state index contributed by atoms with van der Waals surface area (Å²) in [6.07, 6.45) is 2.85. The number of aryl methyl sites for hydroxylation is 1. The molecule has 18 heavy (non-hydrogen) atoms. The van der Waals surface area contributed by atoms with Gasteiger partial charge in [-0.2, -0.15) is 5.10 Å². The third-order valence-corrected chi connectivity index (χ3v) is 3.00. The molecule has 0 aliphatic heterocycles. The molecule has 2 rings (SSSR count). The van der Waals surface area contributed by atoms with Crippen LogP contribution in [-0.4, -0.2) is 21.3 Å². The van der Waals surface area contributed by atoms with Crippen molar-refractivity contribution in [3.05, 3.63) is 28.4 Å². The van der Waals surface area contributed by atoms with Gasteiger partial charge in [-0.15, -0.1) is 0 Å². The highest BCUT2D eigenvalue weighted by atomic mass is 35.5. The van der Waals surface area contributed by atoms with E-state index in [4.69, 9.17) is 23.2 Å². The molecule has 2 aromatic rings. The Bertz CT molecular complexity index is 551. The minimum absolute atomic E-state index is 0.501. The molecule has 6 heteroatoms. The number of pyridine rings is 1. The largest absolute Gasteiger partial charge is 0.369 e. The van der Waals surface area contributed by atoms with Crippen LogP contribution in [0.3, 0.4) is 0 Å². The molecular weight excluding hydrogens is 271 g/mol. The molecule has 0 bridgehead atoms. The highest BCUT2D eigenvalue weighted by Crippen LogP contribution is 2.31. The van der Waals surface area contributed by atoms with Gasteiger partial charge in [-0.05, 0) is 18.6 Å². The standard InChI is InChI=1S/C12H14Cl2N4/c1-3-5-15-12-9(14)7-8(13)11(16-12)10-4-6-18(2)17-10/h4,6-7H,3,5H2,1-2H3,(H,15,16). The van der Waals surface area contributed by atoms with Crippen molar-refractivity contribution in [2.75, 3.05) is 11.9 Å². The number of aromatic nitrogens is 3. The molecule has 0 amide bonds. The molecule has 0 atom stereocenters. The van der Waals surface area contributed by atoms with Crippen LogP contribution in [0, 0.1) is 0 Å². The van der Waals surface area contributed by atoms with Gasteiger partial charge in [0.05, 0.1) is 10.0 Å². The first-order valence-electron chi connectivity index (χ1n) is 5.71. The van der Waals surface area contributed by atoms with E-state index in [2.05, 4.69) is 22.3 Å². The molecule has 0 fully saturated rings. The summed E-state index contributed by atoms with van der Waals surface area (Å²) in [5.41, 5.74) is 1.37. The summed E-state index contributed by atoms with van der Waals surface area (Å²) >= 11 is 12.3. The third kappa shape index (κ3) is 2.76. The number of nitrogens with one attached hydrogen (secondary N) is 1. The van der Waals surface area contributed by atoms with E-state index in [9.17, 15) is 0 Å². The zero-order valence-electron chi connectivity index (χ0n) is 10.2. The first-order chi connectivity index (χ1) is 8.61. The molecule has 0 unspecified atom stereocenters. The van der Waals surface area contributed by atoms with Crippen LogP contribution in [0.2, 0.25) is 10.0 Å². The maximum Gasteiger partial charge on any atom is 0.145 e. The van der Waals surface area contributed by atoms with Gasteiger partial charge in [0.25, 0.3) is 0 Å². The Balaban J connectivity index is 2.41. The predicted molar refractivity (Wildman–Crippen MR) is 75.2 cm³/mol. The Morgan fingerprint density at radius 2 is 2.11 bits per heavy atom. The molecule has 0 aromatic carbocycles. The predicted octanol–water partition coefficient (Wildman–Crippen LogP) is 3.61. The van der Waals surface area contributed by atoms with E-state index in [0.29, 0.717) is 21.6 Å².